The molecule has 2 rings (SSSR count). The van der Waals surface area contributed by atoms with E-state index in [1.165, 1.54) is 12.1 Å². The Bertz CT molecular complexity index is 776. The molecule has 0 aromatic heterocycles. The lowest BCUT2D eigenvalue weighted by Gasteiger charge is -2.16. The predicted octanol–water partition coefficient (Wildman–Crippen LogP) is 3.74. The van der Waals surface area contributed by atoms with E-state index in [0.29, 0.717) is 11.5 Å². The molecular weight excluding hydrogens is 324 g/mol. The van der Waals surface area contributed by atoms with Crippen LogP contribution in [0.2, 0.25) is 0 Å². The van der Waals surface area contributed by atoms with Crippen LogP contribution in [0.15, 0.2) is 42.5 Å². The molecule has 0 radical (unpaired) electrons. The minimum atomic E-state index is -0.522. The Morgan fingerprint density at radius 2 is 1.92 bits per heavy atom. The Kier molecular flexibility index (Phi) is 5.94. The van der Waals surface area contributed by atoms with E-state index in [-0.39, 0.29) is 29.6 Å². The summed E-state index contributed by atoms with van der Waals surface area (Å²) in [5, 5.41) is 13.6. The third-order valence-electron chi connectivity index (χ3n) is 3.84. The zero-order chi connectivity index (χ0) is 18.4. The van der Waals surface area contributed by atoms with E-state index in [9.17, 15) is 14.9 Å². The van der Waals surface area contributed by atoms with Crippen LogP contribution in [0, 0.1) is 10.1 Å². The number of benzene rings is 2. The molecule has 132 valence electrons. The van der Waals surface area contributed by atoms with Crippen LogP contribution in [0.25, 0.3) is 0 Å². The van der Waals surface area contributed by atoms with E-state index in [2.05, 4.69) is 5.32 Å². The number of nitrogens with one attached hydrogen (secondary N) is 1. The SMILES string of the molecule is COc1ccc(C(C)CC(=O)Nc2ccccc2[N+](=O)[O-])c(OC)c1. The second kappa shape index (κ2) is 8.14. The molecule has 1 amide bonds. The molecule has 0 heterocycles. The zero-order valence-electron chi connectivity index (χ0n) is 14.3. The van der Waals surface area contributed by atoms with Gasteiger partial charge >= 0.3 is 0 Å². The van der Waals surface area contributed by atoms with Crippen LogP contribution in [-0.2, 0) is 4.79 Å². The van der Waals surface area contributed by atoms with Gasteiger partial charge in [0, 0.05) is 18.6 Å². The Morgan fingerprint density at radius 3 is 2.56 bits per heavy atom. The van der Waals surface area contributed by atoms with Crippen LogP contribution in [-0.4, -0.2) is 25.1 Å². The summed E-state index contributed by atoms with van der Waals surface area (Å²) < 4.78 is 10.5. The molecule has 1 unspecified atom stereocenters. The maximum Gasteiger partial charge on any atom is 0.292 e. The van der Waals surface area contributed by atoms with Crippen molar-refractivity contribution in [3.05, 3.63) is 58.1 Å². The minimum absolute atomic E-state index is 0.134. The molecule has 0 fully saturated rings. The number of hydrogen-bond acceptors (Lipinski definition) is 5. The number of nitrogens with zero attached hydrogens (tertiary/aromatic N) is 1. The highest BCUT2D eigenvalue weighted by Gasteiger charge is 2.19. The van der Waals surface area contributed by atoms with Gasteiger partial charge in [-0.25, -0.2) is 0 Å². The number of amides is 1. The minimum Gasteiger partial charge on any atom is -0.497 e. The van der Waals surface area contributed by atoms with Gasteiger partial charge < -0.3 is 14.8 Å². The smallest absolute Gasteiger partial charge is 0.292 e. The molecule has 0 saturated heterocycles. The molecule has 0 aliphatic rings. The molecule has 0 aliphatic heterocycles. The summed E-state index contributed by atoms with van der Waals surface area (Å²) >= 11 is 0. The van der Waals surface area contributed by atoms with Gasteiger partial charge in [0.25, 0.3) is 5.69 Å². The maximum absolute atomic E-state index is 12.3. The molecule has 2 aromatic carbocycles. The van der Waals surface area contributed by atoms with Gasteiger partial charge in [-0.1, -0.05) is 25.1 Å². The third kappa shape index (κ3) is 4.47. The number of anilines is 1. The number of hydrogen-bond donors (Lipinski definition) is 1. The molecule has 0 spiro atoms. The number of nitro groups is 1. The molecule has 0 aliphatic carbocycles. The summed E-state index contributed by atoms with van der Waals surface area (Å²) in [5.41, 5.74) is 0.915. The van der Waals surface area contributed by atoms with Gasteiger partial charge in [-0.05, 0) is 23.6 Å². The summed E-state index contributed by atoms with van der Waals surface area (Å²) in [5.74, 6) is 0.853. The van der Waals surface area contributed by atoms with Crippen molar-refractivity contribution in [3.63, 3.8) is 0 Å². The number of carbonyl (C=O) groups is 1. The number of carbonyl (C=O) groups excluding carboxylic acids is 1. The Balaban J connectivity index is 2.12. The van der Waals surface area contributed by atoms with Crippen molar-refractivity contribution in [2.45, 2.75) is 19.3 Å². The Labute approximate surface area is 145 Å². The van der Waals surface area contributed by atoms with Crippen molar-refractivity contribution in [2.75, 3.05) is 19.5 Å². The average molecular weight is 344 g/mol. The molecule has 0 bridgehead atoms. The monoisotopic (exact) mass is 344 g/mol. The molecule has 0 saturated carbocycles. The lowest BCUT2D eigenvalue weighted by Crippen LogP contribution is -2.15. The summed E-state index contributed by atoms with van der Waals surface area (Å²) in [6, 6.07) is 11.5. The average Bonchev–Trinajstić information content (AvgIpc) is 2.61. The van der Waals surface area contributed by atoms with Crippen molar-refractivity contribution in [1.82, 2.24) is 0 Å². The van der Waals surface area contributed by atoms with E-state index >= 15 is 0 Å². The summed E-state index contributed by atoms with van der Waals surface area (Å²) in [6.07, 6.45) is 0.161. The number of nitro benzene ring substituents is 1. The molecule has 7 heteroatoms. The normalized spacial score (nSPS) is 11.5. The van der Waals surface area contributed by atoms with Gasteiger partial charge in [-0.15, -0.1) is 0 Å². The van der Waals surface area contributed by atoms with Crippen LogP contribution < -0.4 is 14.8 Å². The van der Waals surface area contributed by atoms with Crippen molar-refractivity contribution in [1.29, 1.82) is 0 Å². The fourth-order valence-electron chi connectivity index (χ4n) is 2.55. The fraction of sp³-hybridized carbons (Fsp3) is 0.278. The molecule has 1 N–H and O–H groups in total. The van der Waals surface area contributed by atoms with Gasteiger partial charge in [-0.3, -0.25) is 14.9 Å². The van der Waals surface area contributed by atoms with E-state index in [1.54, 1.807) is 38.5 Å². The summed E-state index contributed by atoms with van der Waals surface area (Å²) in [7, 11) is 3.12. The standard InChI is InChI=1S/C18H20N2O5/c1-12(14-9-8-13(24-2)11-17(14)25-3)10-18(21)19-15-6-4-5-7-16(15)20(22)23/h4-9,11-12H,10H2,1-3H3,(H,19,21). The van der Waals surface area contributed by atoms with Gasteiger partial charge in [0.05, 0.1) is 19.1 Å². The molecule has 25 heavy (non-hydrogen) atoms. The molecular formula is C18H20N2O5. The first-order valence-electron chi connectivity index (χ1n) is 7.71. The zero-order valence-corrected chi connectivity index (χ0v) is 14.3. The highest BCUT2D eigenvalue weighted by molar-refractivity contribution is 5.93. The van der Waals surface area contributed by atoms with Gasteiger partial charge in [0.15, 0.2) is 0 Å². The van der Waals surface area contributed by atoms with Crippen LogP contribution >= 0.6 is 0 Å². The number of ether oxygens (including phenoxy) is 2. The lowest BCUT2D eigenvalue weighted by atomic mass is 9.96. The largest absolute Gasteiger partial charge is 0.497 e. The van der Waals surface area contributed by atoms with E-state index < -0.39 is 4.92 Å². The first kappa shape index (κ1) is 18.3. The quantitative estimate of drug-likeness (QED) is 0.610. The lowest BCUT2D eigenvalue weighted by molar-refractivity contribution is -0.383. The summed E-state index contributed by atoms with van der Waals surface area (Å²) in [4.78, 5) is 22.8. The number of methoxy groups -OCH3 is 2. The van der Waals surface area contributed by atoms with E-state index in [1.807, 2.05) is 13.0 Å². The molecule has 1 atom stereocenters. The first-order chi connectivity index (χ1) is 12.0. The fourth-order valence-corrected chi connectivity index (χ4v) is 2.55. The van der Waals surface area contributed by atoms with Crippen molar-refractivity contribution < 1.29 is 19.2 Å². The summed E-state index contributed by atoms with van der Waals surface area (Å²) in [6.45, 7) is 1.89. The highest BCUT2D eigenvalue weighted by atomic mass is 16.6. The van der Waals surface area contributed by atoms with Gasteiger partial charge in [0.2, 0.25) is 5.91 Å². The first-order valence-corrected chi connectivity index (χ1v) is 7.71. The van der Waals surface area contributed by atoms with Crippen LogP contribution in [0.1, 0.15) is 24.8 Å². The highest BCUT2D eigenvalue weighted by Crippen LogP contribution is 2.32. The topological polar surface area (TPSA) is 90.7 Å². The Morgan fingerprint density at radius 1 is 1.20 bits per heavy atom. The molecule has 2 aromatic rings. The third-order valence-corrected chi connectivity index (χ3v) is 3.84. The maximum atomic E-state index is 12.3. The van der Waals surface area contributed by atoms with Crippen molar-refractivity contribution in [3.8, 4) is 11.5 Å². The number of rotatable bonds is 7. The van der Waals surface area contributed by atoms with Gasteiger partial charge in [-0.2, -0.15) is 0 Å². The predicted molar refractivity (Wildman–Crippen MR) is 94.3 cm³/mol. The van der Waals surface area contributed by atoms with Gasteiger partial charge in [0.1, 0.15) is 17.2 Å². The second-order valence-corrected chi connectivity index (χ2v) is 5.54. The van der Waals surface area contributed by atoms with Crippen LogP contribution in [0.3, 0.4) is 0 Å². The van der Waals surface area contributed by atoms with Crippen LogP contribution in [0.5, 0.6) is 11.5 Å². The van der Waals surface area contributed by atoms with Crippen molar-refractivity contribution in [2.24, 2.45) is 0 Å². The van der Waals surface area contributed by atoms with E-state index in [4.69, 9.17) is 9.47 Å². The molecule has 7 nitrogen and oxygen atoms in total. The second-order valence-electron chi connectivity index (χ2n) is 5.54. The number of para-hydroxylation sites is 2. The van der Waals surface area contributed by atoms with E-state index in [0.717, 1.165) is 5.56 Å². The van der Waals surface area contributed by atoms with Crippen LogP contribution in [0.4, 0.5) is 11.4 Å². The Hall–Kier alpha value is -3.09. The van der Waals surface area contributed by atoms with Crippen molar-refractivity contribution >= 4 is 17.3 Å².